The SMILES string of the molecule is CCCCOCCCNC(=NCC1(C)CCCCC1O)NCC. The number of hydrogen-bond donors (Lipinski definition) is 3. The fraction of sp³-hybridized carbons (Fsp3) is 0.944. The summed E-state index contributed by atoms with van der Waals surface area (Å²) in [5, 5.41) is 16.9. The third-order valence-corrected chi connectivity index (χ3v) is 4.62. The molecule has 1 rings (SSSR count). The van der Waals surface area contributed by atoms with Crippen LogP contribution >= 0.6 is 0 Å². The Hall–Kier alpha value is -0.810. The van der Waals surface area contributed by atoms with Gasteiger partial charge in [-0.15, -0.1) is 0 Å². The van der Waals surface area contributed by atoms with Crippen molar-refractivity contribution in [2.24, 2.45) is 10.4 Å². The number of nitrogens with zero attached hydrogens (tertiary/aromatic N) is 1. The van der Waals surface area contributed by atoms with Crippen LogP contribution in [0.3, 0.4) is 0 Å². The van der Waals surface area contributed by atoms with Crippen molar-refractivity contribution in [2.45, 2.75) is 71.8 Å². The highest BCUT2D eigenvalue weighted by Crippen LogP contribution is 2.36. The lowest BCUT2D eigenvalue weighted by Gasteiger charge is -2.37. The fourth-order valence-corrected chi connectivity index (χ4v) is 2.90. The maximum Gasteiger partial charge on any atom is 0.191 e. The molecule has 0 radical (unpaired) electrons. The minimum Gasteiger partial charge on any atom is -0.392 e. The molecule has 1 saturated carbocycles. The topological polar surface area (TPSA) is 65.9 Å². The van der Waals surface area contributed by atoms with Crippen molar-refractivity contribution in [1.82, 2.24) is 10.6 Å². The zero-order valence-electron chi connectivity index (χ0n) is 15.4. The van der Waals surface area contributed by atoms with E-state index in [0.29, 0.717) is 6.54 Å². The van der Waals surface area contributed by atoms with E-state index in [-0.39, 0.29) is 11.5 Å². The third-order valence-electron chi connectivity index (χ3n) is 4.62. The molecule has 0 amide bonds. The van der Waals surface area contributed by atoms with Gasteiger partial charge in [0.05, 0.1) is 12.6 Å². The van der Waals surface area contributed by atoms with Gasteiger partial charge in [-0.1, -0.05) is 33.1 Å². The second-order valence-corrected chi connectivity index (χ2v) is 6.86. The highest BCUT2D eigenvalue weighted by molar-refractivity contribution is 5.79. The first-order chi connectivity index (χ1) is 11.1. The molecule has 5 nitrogen and oxygen atoms in total. The van der Waals surface area contributed by atoms with Gasteiger partial charge in [-0.25, -0.2) is 0 Å². The molecule has 0 aromatic heterocycles. The summed E-state index contributed by atoms with van der Waals surface area (Å²) in [7, 11) is 0. The number of aliphatic hydroxyl groups excluding tert-OH is 1. The number of hydrogen-bond acceptors (Lipinski definition) is 3. The van der Waals surface area contributed by atoms with E-state index in [2.05, 4.69) is 31.4 Å². The molecular weight excluding hydrogens is 290 g/mol. The quantitative estimate of drug-likeness (QED) is 0.328. The van der Waals surface area contributed by atoms with Crippen molar-refractivity contribution in [1.29, 1.82) is 0 Å². The maximum absolute atomic E-state index is 10.3. The molecule has 136 valence electrons. The van der Waals surface area contributed by atoms with Crippen LogP contribution in [0.15, 0.2) is 4.99 Å². The van der Waals surface area contributed by atoms with Crippen molar-refractivity contribution < 1.29 is 9.84 Å². The fourth-order valence-electron chi connectivity index (χ4n) is 2.90. The summed E-state index contributed by atoms with van der Waals surface area (Å²) in [4.78, 5) is 4.70. The summed E-state index contributed by atoms with van der Waals surface area (Å²) in [6.07, 6.45) is 7.37. The Morgan fingerprint density at radius 3 is 2.70 bits per heavy atom. The lowest BCUT2D eigenvalue weighted by Crippen LogP contribution is -2.42. The monoisotopic (exact) mass is 327 g/mol. The van der Waals surface area contributed by atoms with E-state index >= 15 is 0 Å². The van der Waals surface area contributed by atoms with Gasteiger partial charge < -0.3 is 20.5 Å². The van der Waals surface area contributed by atoms with Crippen molar-refractivity contribution >= 4 is 5.96 Å². The van der Waals surface area contributed by atoms with E-state index in [9.17, 15) is 5.11 Å². The summed E-state index contributed by atoms with van der Waals surface area (Å²) >= 11 is 0. The van der Waals surface area contributed by atoms with Gasteiger partial charge in [0, 0.05) is 31.7 Å². The molecule has 1 aliphatic rings. The summed E-state index contributed by atoms with van der Waals surface area (Å²) in [6.45, 7) is 10.4. The number of ether oxygens (including phenoxy) is 1. The van der Waals surface area contributed by atoms with Crippen LogP contribution < -0.4 is 10.6 Å². The average molecular weight is 328 g/mol. The van der Waals surface area contributed by atoms with E-state index < -0.39 is 0 Å². The molecule has 23 heavy (non-hydrogen) atoms. The second-order valence-electron chi connectivity index (χ2n) is 6.86. The normalized spacial score (nSPS) is 25.4. The Morgan fingerprint density at radius 2 is 2.00 bits per heavy atom. The first-order valence-electron chi connectivity index (χ1n) is 9.40. The van der Waals surface area contributed by atoms with Crippen molar-refractivity contribution in [2.75, 3.05) is 32.8 Å². The number of rotatable bonds is 10. The Bertz CT molecular complexity index is 336. The average Bonchev–Trinajstić information content (AvgIpc) is 2.54. The number of guanidine groups is 1. The van der Waals surface area contributed by atoms with Gasteiger partial charge in [0.1, 0.15) is 0 Å². The Balaban J connectivity index is 2.32. The summed E-state index contributed by atoms with van der Waals surface area (Å²) in [5.41, 5.74) is -0.0795. The Kier molecular flexibility index (Phi) is 10.3. The lowest BCUT2D eigenvalue weighted by molar-refractivity contribution is 0.00716. The molecular formula is C18H37N3O2. The zero-order chi connectivity index (χ0) is 17.0. The second kappa shape index (κ2) is 11.7. The van der Waals surface area contributed by atoms with E-state index in [0.717, 1.165) is 64.4 Å². The van der Waals surface area contributed by atoms with Crippen molar-refractivity contribution in [3.05, 3.63) is 0 Å². The van der Waals surface area contributed by atoms with E-state index in [1.807, 2.05) is 0 Å². The molecule has 3 N–H and O–H groups in total. The lowest BCUT2D eigenvalue weighted by atomic mass is 9.73. The van der Waals surface area contributed by atoms with Gasteiger partial charge in [0.25, 0.3) is 0 Å². The predicted octanol–water partition coefficient (Wildman–Crippen LogP) is 2.69. The molecule has 2 unspecified atom stereocenters. The van der Waals surface area contributed by atoms with Crippen LogP contribution in [-0.4, -0.2) is 50.0 Å². The number of aliphatic hydroxyl groups is 1. The molecule has 0 saturated heterocycles. The van der Waals surface area contributed by atoms with Crippen molar-refractivity contribution in [3.63, 3.8) is 0 Å². The summed E-state index contributed by atoms with van der Waals surface area (Å²) in [5.74, 6) is 0.847. The summed E-state index contributed by atoms with van der Waals surface area (Å²) in [6, 6.07) is 0. The van der Waals surface area contributed by atoms with Gasteiger partial charge in [0.15, 0.2) is 5.96 Å². The number of unbranched alkanes of at least 4 members (excludes halogenated alkanes) is 1. The Morgan fingerprint density at radius 1 is 1.22 bits per heavy atom. The molecule has 0 aliphatic heterocycles. The van der Waals surface area contributed by atoms with Crippen molar-refractivity contribution in [3.8, 4) is 0 Å². The van der Waals surface area contributed by atoms with E-state index in [1.54, 1.807) is 0 Å². The van der Waals surface area contributed by atoms with E-state index in [4.69, 9.17) is 9.73 Å². The van der Waals surface area contributed by atoms with Crippen LogP contribution in [0.5, 0.6) is 0 Å². The molecule has 1 fully saturated rings. The van der Waals surface area contributed by atoms with Crippen LogP contribution in [0.25, 0.3) is 0 Å². The molecule has 0 spiro atoms. The van der Waals surface area contributed by atoms with Crippen LogP contribution in [0.2, 0.25) is 0 Å². The predicted molar refractivity (Wildman–Crippen MR) is 96.9 cm³/mol. The van der Waals surface area contributed by atoms with Crippen LogP contribution in [0.1, 0.15) is 65.7 Å². The first kappa shape index (κ1) is 20.2. The van der Waals surface area contributed by atoms with Gasteiger partial charge in [-0.05, 0) is 32.6 Å². The number of nitrogens with one attached hydrogen (secondary N) is 2. The highest BCUT2D eigenvalue weighted by Gasteiger charge is 2.35. The molecule has 0 aromatic carbocycles. The zero-order valence-corrected chi connectivity index (χ0v) is 15.4. The summed E-state index contributed by atoms with van der Waals surface area (Å²) < 4.78 is 5.57. The standard InChI is InChI=1S/C18H37N3O2/c1-4-6-13-23-14-9-12-20-17(19-5-2)21-15-18(3)11-8-7-10-16(18)22/h16,22H,4-15H2,1-3H3,(H2,19,20,21). The van der Waals surface area contributed by atoms with Gasteiger partial charge in [-0.3, -0.25) is 4.99 Å². The van der Waals surface area contributed by atoms with Gasteiger partial charge >= 0.3 is 0 Å². The highest BCUT2D eigenvalue weighted by atomic mass is 16.5. The van der Waals surface area contributed by atoms with Gasteiger partial charge in [0.2, 0.25) is 0 Å². The maximum atomic E-state index is 10.3. The molecule has 0 bridgehead atoms. The van der Waals surface area contributed by atoms with Crippen LogP contribution in [0, 0.1) is 5.41 Å². The van der Waals surface area contributed by atoms with E-state index in [1.165, 1.54) is 12.8 Å². The first-order valence-corrected chi connectivity index (χ1v) is 9.40. The van der Waals surface area contributed by atoms with Gasteiger partial charge in [-0.2, -0.15) is 0 Å². The molecule has 0 aromatic rings. The van der Waals surface area contributed by atoms with Crippen LogP contribution in [-0.2, 0) is 4.74 Å². The smallest absolute Gasteiger partial charge is 0.191 e. The molecule has 5 heteroatoms. The molecule has 0 heterocycles. The van der Waals surface area contributed by atoms with Crippen LogP contribution in [0.4, 0.5) is 0 Å². The minimum atomic E-state index is -0.227. The molecule has 2 atom stereocenters. The Labute approximate surface area is 142 Å². The largest absolute Gasteiger partial charge is 0.392 e. The number of aliphatic imine (C=N–C) groups is 1. The third kappa shape index (κ3) is 8.02. The molecule has 1 aliphatic carbocycles. The minimum absolute atomic E-state index is 0.0795.